The van der Waals surface area contributed by atoms with Gasteiger partial charge in [-0.15, -0.1) is 0 Å². The Morgan fingerprint density at radius 1 is 1.11 bits per heavy atom. The van der Waals surface area contributed by atoms with Gasteiger partial charge in [0.2, 0.25) is 10.0 Å². The molecule has 2 rings (SSSR count). The molecule has 0 aromatic heterocycles. The van der Waals surface area contributed by atoms with Gasteiger partial charge in [-0.05, 0) is 63.5 Å². The molecule has 2 aliphatic rings. The lowest BCUT2D eigenvalue weighted by Gasteiger charge is -2.22. The highest BCUT2D eigenvalue weighted by molar-refractivity contribution is 7.89. The Morgan fingerprint density at radius 3 is 2.58 bits per heavy atom. The quantitative estimate of drug-likeness (QED) is 0.637. The minimum absolute atomic E-state index is 0.238. The van der Waals surface area contributed by atoms with E-state index in [0.29, 0.717) is 5.92 Å². The molecule has 2 aliphatic carbocycles. The van der Waals surface area contributed by atoms with Crippen LogP contribution in [0.15, 0.2) is 0 Å². The first-order chi connectivity index (χ1) is 9.11. The summed E-state index contributed by atoms with van der Waals surface area (Å²) in [5.74, 6) is 1.69. The van der Waals surface area contributed by atoms with E-state index in [4.69, 9.17) is 0 Å². The lowest BCUT2D eigenvalue weighted by Crippen LogP contribution is -2.39. The Bertz CT molecular complexity index is 370. The van der Waals surface area contributed by atoms with Gasteiger partial charge in [-0.1, -0.05) is 13.3 Å². The predicted octanol–water partition coefficient (Wildman–Crippen LogP) is 1.87. The largest absolute Gasteiger partial charge is 0.317 e. The summed E-state index contributed by atoms with van der Waals surface area (Å²) in [5.41, 5.74) is 0. The third kappa shape index (κ3) is 4.72. The van der Waals surface area contributed by atoms with Gasteiger partial charge in [0.1, 0.15) is 0 Å². The summed E-state index contributed by atoms with van der Waals surface area (Å²) in [6.45, 7) is 4.09. The van der Waals surface area contributed by atoms with Gasteiger partial charge in [-0.3, -0.25) is 0 Å². The molecule has 0 aromatic carbocycles. The van der Waals surface area contributed by atoms with Crippen molar-refractivity contribution in [1.29, 1.82) is 0 Å². The number of sulfonamides is 1. The van der Waals surface area contributed by atoms with E-state index in [0.717, 1.165) is 44.7 Å². The highest BCUT2D eigenvalue weighted by Gasteiger charge is 2.40. The zero-order chi connectivity index (χ0) is 13.7. The zero-order valence-corrected chi connectivity index (χ0v) is 12.8. The molecule has 2 fully saturated rings. The average molecular weight is 288 g/mol. The van der Waals surface area contributed by atoms with E-state index in [2.05, 4.69) is 17.0 Å². The van der Waals surface area contributed by atoms with Crippen molar-refractivity contribution < 1.29 is 8.42 Å². The van der Waals surface area contributed by atoms with Gasteiger partial charge in [-0.25, -0.2) is 13.1 Å². The van der Waals surface area contributed by atoms with Crippen LogP contribution in [0.5, 0.6) is 0 Å². The van der Waals surface area contributed by atoms with Crippen molar-refractivity contribution >= 4 is 10.0 Å². The van der Waals surface area contributed by atoms with Crippen molar-refractivity contribution in [3.8, 4) is 0 Å². The van der Waals surface area contributed by atoms with Crippen molar-refractivity contribution in [2.24, 2.45) is 11.8 Å². The van der Waals surface area contributed by atoms with Crippen LogP contribution in [-0.2, 0) is 10.0 Å². The van der Waals surface area contributed by atoms with Crippen molar-refractivity contribution in [3.05, 3.63) is 0 Å². The molecule has 19 heavy (non-hydrogen) atoms. The summed E-state index contributed by atoms with van der Waals surface area (Å²) in [7, 11) is -3.06. The van der Waals surface area contributed by atoms with Crippen molar-refractivity contribution in [1.82, 2.24) is 10.0 Å². The Balaban J connectivity index is 1.62. The standard InChI is InChI=1S/C14H28N2O2S/c1-2-7-15-8-3-4-9-19(17,18)16-14-11-12-5-6-13(14)10-12/h12-16H,2-11H2,1H3. The first kappa shape index (κ1) is 15.3. The minimum Gasteiger partial charge on any atom is -0.317 e. The third-order valence-corrected chi connectivity index (χ3v) is 6.00. The maximum absolute atomic E-state index is 12.0. The van der Waals surface area contributed by atoms with Crippen LogP contribution in [0.2, 0.25) is 0 Å². The minimum atomic E-state index is -3.06. The summed E-state index contributed by atoms with van der Waals surface area (Å²) in [4.78, 5) is 0. The molecule has 2 N–H and O–H groups in total. The second-order valence-corrected chi connectivity index (χ2v) is 8.05. The Labute approximate surface area is 117 Å². The Morgan fingerprint density at radius 2 is 1.95 bits per heavy atom. The van der Waals surface area contributed by atoms with Gasteiger partial charge >= 0.3 is 0 Å². The first-order valence-corrected chi connectivity index (χ1v) is 9.46. The van der Waals surface area contributed by atoms with Crippen LogP contribution in [0.3, 0.4) is 0 Å². The lowest BCUT2D eigenvalue weighted by molar-refractivity contribution is 0.390. The normalized spacial score (nSPS) is 30.1. The molecule has 0 radical (unpaired) electrons. The summed E-state index contributed by atoms with van der Waals surface area (Å²) in [6.07, 6.45) is 7.68. The smallest absolute Gasteiger partial charge is 0.211 e. The highest BCUT2D eigenvalue weighted by atomic mass is 32.2. The van der Waals surface area contributed by atoms with Crippen LogP contribution in [0.1, 0.15) is 51.9 Å². The van der Waals surface area contributed by atoms with E-state index < -0.39 is 10.0 Å². The van der Waals surface area contributed by atoms with Gasteiger partial charge in [-0.2, -0.15) is 0 Å². The Kier molecular flexibility index (Phi) is 5.66. The molecule has 0 amide bonds. The molecular formula is C14H28N2O2S. The fourth-order valence-electron chi connectivity index (χ4n) is 3.52. The van der Waals surface area contributed by atoms with E-state index in [-0.39, 0.29) is 11.8 Å². The van der Waals surface area contributed by atoms with Gasteiger partial charge < -0.3 is 5.32 Å². The summed E-state index contributed by atoms with van der Waals surface area (Å²) < 4.78 is 27.0. The molecule has 112 valence electrons. The maximum atomic E-state index is 12.0. The van der Waals surface area contributed by atoms with Crippen LogP contribution < -0.4 is 10.0 Å². The summed E-state index contributed by atoms with van der Waals surface area (Å²) in [6, 6.07) is 0.238. The van der Waals surface area contributed by atoms with Gasteiger partial charge in [0.25, 0.3) is 0 Å². The molecule has 0 saturated heterocycles. The second kappa shape index (κ2) is 7.04. The summed E-state index contributed by atoms with van der Waals surface area (Å²) in [5, 5.41) is 3.30. The number of fused-ring (bicyclic) bond motifs is 2. The first-order valence-electron chi connectivity index (χ1n) is 7.81. The molecule has 3 atom stereocenters. The fourth-order valence-corrected chi connectivity index (χ4v) is 4.97. The number of hydrogen-bond donors (Lipinski definition) is 2. The molecule has 0 heterocycles. The molecule has 2 saturated carbocycles. The molecule has 5 heteroatoms. The van der Waals surface area contributed by atoms with Crippen molar-refractivity contribution in [2.75, 3.05) is 18.8 Å². The summed E-state index contributed by atoms with van der Waals surface area (Å²) >= 11 is 0. The van der Waals surface area contributed by atoms with Gasteiger partial charge in [0.15, 0.2) is 0 Å². The zero-order valence-electron chi connectivity index (χ0n) is 12.0. The van der Waals surface area contributed by atoms with Gasteiger partial charge in [0, 0.05) is 6.04 Å². The van der Waals surface area contributed by atoms with Gasteiger partial charge in [0.05, 0.1) is 5.75 Å². The van der Waals surface area contributed by atoms with E-state index in [1.54, 1.807) is 0 Å². The number of rotatable bonds is 9. The topological polar surface area (TPSA) is 58.2 Å². The van der Waals surface area contributed by atoms with Crippen molar-refractivity contribution in [2.45, 2.75) is 57.9 Å². The molecule has 0 aliphatic heterocycles. The van der Waals surface area contributed by atoms with E-state index in [9.17, 15) is 8.42 Å². The van der Waals surface area contributed by atoms with Crippen LogP contribution >= 0.6 is 0 Å². The Hall–Kier alpha value is -0.130. The number of nitrogens with one attached hydrogen (secondary N) is 2. The van der Waals surface area contributed by atoms with Crippen LogP contribution in [0.4, 0.5) is 0 Å². The average Bonchev–Trinajstić information content (AvgIpc) is 2.95. The van der Waals surface area contributed by atoms with E-state index in [1.807, 2.05) is 0 Å². The van der Waals surface area contributed by atoms with Crippen LogP contribution in [0.25, 0.3) is 0 Å². The van der Waals surface area contributed by atoms with Crippen LogP contribution in [-0.4, -0.2) is 33.3 Å². The maximum Gasteiger partial charge on any atom is 0.211 e. The molecule has 0 aromatic rings. The second-order valence-electron chi connectivity index (χ2n) is 6.18. The molecule has 0 spiro atoms. The molecule has 4 nitrogen and oxygen atoms in total. The van der Waals surface area contributed by atoms with Crippen LogP contribution in [0, 0.1) is 11.8 Å². The van der Waals surface area contributed by atoms with E-state index in [1.165, 1.54) is 19.3 Å². The molecule has 2 bridgehead atoms. The van der Waals surface area contributed by atoms with Crippen molar-refractivity contribution in [3.63, 3.8) is 0 Å². The third-order valence-electron chi connectivity index (χ3n) is 4.51. The highest BCUT2D eigenvalue weighted by Crippen LogP contribution is 2.44. The number of hydrogen-bond acceptors (Lipinski definition) is 3. The monoisotopic (exact) mass is 288 g/mol. The van der Waals surface area contributed by atoms with E-state index >= 15 is 0 Å². The SMILES string of the molecule is CCCNCCCCS(=O)(=O)NC1CC2CCC1C2. The molecular weight excluding hydrogens is 260 g/mol. The molecule has 3 unspecified atom stereocenters. The lowest BCUT2D eigenvalue weighted by atomic mass is 9.96. The predicted molar refractivity (Wildman–Crippen MR) is 78.6 cm³/mol. The number of unbranched alkanes of at least 4 members (excludes halogenated alkanes) is 1. The fraction of sp³-hybridized carbons (Fsp3) is 1.00.